The molecule has 28 heavy (non-hydrogen) atoms. The van der Waals surface area contributed by atoms with Crippen LogP contribution in [0.4, 0.5) is 5.69 Å². The predicted octanol–water partition coefficient (Wildman–Crippen LogP) is 2.17. The summed E-state index contributed by atoms with van der Waals surface area (Å²) in [6.07, 6.45) is 0. The number of ether oxygens (including phenoxy) is 2. The molecule has 2 aromatic rings. The van der Waals surface area contributed by atoms with Gasteiger partial charge in [0.25, 0.3) is 0 Å². The molecule has 8 nitrogen and oxygen atoms in total. The smallest absolute Gasteiger partial charge is 0.213 e. The molecule has 0 amide bonds. The Morgan fingerprint density at radius 1 is 1.07 bits per heavy atom. The number of nitrogens with one attached hydrogen (secondary N) is 2. The van der Waals surface area contributed by atoms with Crippen LogP contribution in [0.25, 0.3) is 0 Å². The number of aliphatic imine (C=N–C) groups is 1. The van der Waals surface area contributed by atoms with Crippen LogP contribution in [0.1, 0.15) is 5.56 Å². The number of rotatable bonds is 9. The van der Waals surface area contributed by atoms with Crippen molar-refractivity contribution >= 4 is 45.6 Å². The molecule has 0 aromatic heterocycles. The fourth-order valence-electron chi connectivity index (χ4n) is 2.25. The molecule has 0 bridgehead atoms. The number of nitrogens with zero attached hydrogens (tertiary/aromatic N) is 1. The SMILES string of the molecule is COc1ccc(NC(N)=NCCS(=O)(=O)NCc2ccccc2)cc1OC.I. The first-order chi connectivity index (χ1) is 12.9. The van der Waals surface area contributed by atoms with E-state index < -0.39 is 10.0 Å². The van der Waals surface area contributed by atoms with E-state index in [0.29, 0.717) is 17.2 Å². The highest BCUT2D eigenvalue weighted by atomic mass is 127. The second kappa shape index (κ2) is 11.7. The van der Waals surface area contributed by atoms with Crippen LogP contribution < -0.4 is 25.2 Å². The summed E-state index contributed by atoms with van der Waals surface area (Å²) in [6, 6.07) is 14.5. The van der Waals surface area contributed by atoms with Crippen LogP contribution in [-0.2, 0) is 16.6 Å². The van der Waals surface area contributed by atoms with E-state index in [1.807, 2.05) is 30.3 Å². The first-order valence-corrected chi connectivity index (χ1v) is 9.89. The van der Waals surface area contributed by atoms with Crippen molar-refractivity contribution in [3.8, 4) is 11.5 Å². The van der Waals surface area contributed by atoms with Crippen molar-refractivity contribution in [3.05, 3.63) is 54.1 Å². The summed E-state index contributed by atoms with van der Waals surface area (Å²) in [5, 5.41) is 2.89. The van der Waals surface area contributed by atoms with Crippen molar-refractivity contribution in [1.82, 2.24) is 4.72 Å². The maximum absolute atomic E-state index is 12.0. The Kier molecular flexibility index (Phi) is 10.0. The Hall–Kier alpha value is -2.05. The fraction of sp³-hybridized carbons (Fsp3) is 0.278. The maximum atomic E-state index is 12.0. The zero-order valence-corrected chi connectivity index (χ0v) is 18.9. The Bertz CT molecular complexity index is 876. The van der Waals surface area contributed by atoms with E-state index in [1.54, 1.807) is 25.3 Å². The number of hydrogen-bond acceptors (Lipinski definition) is 5. The lowest BCUT2D eigenvalue weighted by molar-refractivity contribution is 0.355. The van der Waals surface area contributed by atoms with Gasteiger partial charge >= 0.3 is 0 Å². The van der Waals surface area contributed by atoms with Gasteiger partial charge in [-0.2, -0.15) is 0 Å². The van der Waals surface area contributed by atoms with Gasteiger partial charge in [-0.3, -0.25) is 4.99 Å². The Morgan fingerprint density at radius 3 is 2.39 bits per heavy atom. The molecule has 4 N–H and O–H groups in total. The van der Waals surface area contributed by atoms with Gasteiger partial charge in [-0.15, -0.1) is 24.0 Å². The van der Waals surface area contributed by atoms with Crippen LogP contribution in [0, 0.1) is 0 Å². The highest BCUT2D eigenvalue weighted by Crippen LogP contribution is 2.29. The molecule has 0 spiro atoms. The van der Waals surface area contributed by atoms with Gasteiger partial charge in [0, 0.05) is 18.3 Å². The van der Waals surface area contributed by atoms with Gasteiger partial charge in [-0.1, -0.05) is 30.3 Å². The second-order valence-corrected chi connectivity index (χ2v) is 7.51. The fourth-order valence-corrected chi connectivity index (χ4v) is 3.11. The lowest BCUT2D eigenvalue weighted by Gasteiger charge is -2.11. The molecule has 0 unspecified atom stereocenters. The molecule has 0 saturated carbocycles. The molecule has 10 heteroatoms. The maximum Gasteiger partial charge on any atom is 0.213 e. The quantitative estimate of drug-likeness (QED) is 0.265. The van der Waals surface area contributed by atoms with Crippen molar-refractivity contribution in [2.75, 3.05) is 31.8 Å². The molecule has 0 heterocycles. The third-order valence-electron chi connectivity index (χ3n) is 3.64. The Labute approximate surface area is 182 Å². The van der Waals surface area contributed by atoms with Gasteiger partial charge in [-0.25, -0.2) is 13.1 Å². The minimum Gasteiger partial charge on any atom is -0.493 e. The second-order valence-electron chi connectivity index (χ2n) is 5.59. The minimum absolute atomic E-state index is 0. The highest BCUT2D eigenvalue weighted by molar-refractivity contribution is 14.0. The lowest BCUT2D eigenvalue weighted by Crippen LogP contribution is -2.28. The van der Waals surface area contributed by atoms with Crippen LogP contribution in [0.2, 0.25) is 0 Å². The zero-order chi connectivity index (χ0) is 19.7. The van der Waals surface area contributed by atoms with Gasteiger partial charge in [0.2, 0.25) is 10.0 Å². The average Bonchev–Trinajstić information content (AvgIpc) is 2.67. The van der Waals surface area contributed by atoms with Gasteiger partial charge in [0.05, 0.1) is 26.5 Å². The van der Waals surface area contributed by atoms with E-state index >= 15 is 0 Å². The number of anilines is 1. The van der Waals surface area contributed by atoms with Crippen molar-refractivity contribution in [3.63, 3.8) is 0 Å². The van der Waals surface area contributed by atoms with E-state index in [-0.39, 0.29) is 48.8 Å². The number of guanidine groups is 1. The summed E-state index contributed by atoms with van der Waals surface area (Å²) in [7, 11) is -0.362. The number of benzene rings is 2. The molecule has 2 rings (SSSR count). The monoisotopic (exact) mass is 520 g/mol. The Morgan fingerprint density at radius 2 is 1.75 bits per heavy atom. The van der Waals surface area contributed by atoms with Gasteiger partial charge in [0.15, 0.2) is 17.5 Å². The van der Waals surface area contributed by atoms with Gasteiger partial charge < -0.3 is 20.5 Å². The molecular formula is C18H25IN4O4S. The van der Waals surface area contributed by atoms with E-state index in [2.05, 4.69) is 15.0 Å². The molecular weight excluding hydrogens is 495 g/mol. The molecule has 154 valence electrons. The summed E-state index contributed by atoms with van der Waals surface area (Å²) in [5.74, 6) is 1.09. The number of sulfonamides is 1. The highest BCUT2D eigenvalue weighted by Gasteiger charge is 2.10. The molecule has 0 fully saturated rings. The Balaban J connectivity index is 0.00000392. The standard InChI is InChI=1S/C18H24N4O4S.HI/c1-25-16-9-8-15(12-17(16)26-2)22-18(19)20-10-11-27(23,24)21-13-14-6-4-3-5-7-14;/h3-9,12,21H,10-11,13H2,1-2H3,(H3,19,20,22);1H. The molecule has 0 atom stereocenters. The molecule has 0 aliphatic carbocycles. The molecule has 0 aliphatic rings. The predicted molar refractivity (Wildman–Crippen MR) is 122 cm³/mol. The number of methoxy groups -OCH3 is 2. The van der Waals surface area contributed by atoms with Crippen molar-refractivity contribution in [1.29, 1.82) is 0 Å². The summed E-state index contributed by atoms with van der Waals surface area (Å²) in [4.78, 5) is 4.05. The van der Waals surface area contributed by atoms with Crippen LogP contribution in [0.3, 0.4) is 0 Å². The average molecular weight is 520 g/mol. The van der Waals surface area contributed by atoms with Crippen molar-refractivity contribution in [2.45, 2.75) is 6.54 Å². The van der Waals surface area contributed by atoms with E-state index in [9.17, 15) is 8.42 Å². The van der Waals surface area contributed by atoms with E-state index in [4.69, 9.17) is 15.2 Å². The molecule has 0 saturated heterocycles. The van der Waals surface area contributed by atoms with Crippen LogP contribution >= 0.6 is 24.0 Å². The van der Waals surface area contributed by atoms with Crippen molar-refractivity contribution < 1.29 is 17.9 Å². The first kappa shape index (κ1) is 24.0. The largest absolute Gasteiger partial charge is 0.493 e. The number of halogens is 1. The third kappa shape index (κ3) is 7.90. The topological polar surface area (TPSA) is 115 Å². The normalized spacial score (nSPS) is 11.4. The summed E-state index contributed by atoms with van der Waals surface area (Å²) >= 11 is 0. The van der Waals surface area contributed by atoms with Crippen LogP contribution in [0.15, 0.2) is 53.5 Å². The molecule has 2 aromatic carbocycles. The van der Waals surface area contributed by atoms with Gasteiger partial charge in [0.1, 0.15) is 0 Å². The molecule has 0 aliphatic heterocycles. The zero-order valence-electron chi connectivity index (χ0n) is 15.7. The number of hydrogen-bond donors (Lipinski definition) is 3. The lowest BCUT2D eigenvalue weighted by atomic mass is 10.2. The minimum atomic E-state index is -3.44. The third-order valence-corrected chi connectivity index (χ3v) is 4.94. The first-order valence-electron chi connectivity index (χ1n) is 8.24. The summed E-state index contributed by atoms with van der Waals surface area (Å²) < 4.78 is 37.0. The molecule has 0 radical (unpaired) electrons. The van der Waals surface area contributed by atoms with E-state index in [1.165, 1.54) is 7.11 Å². The van der Waals surface area contributed by atoms with Gasteiger partial charge in [-0.05, 0) is 17.7 Å². The van der Waals surface area contributed by atoms with Crippen molar-refractivity contribution in [2.24, 2.45) is 10.7 Å². The number of nitrogens with two attached hydrogens (primary N) is 1. The summed E-state index contributed by atoms with van der Waals surface area (Å²) in [5.41, 5.74) is 7.35. The van der Waals surface area contributed by atoms with Crippen LogP contribution in [0.5, 0.6) is 11.5 Å². The summed E-state index contributed by atoms with van der Waals surface area (Å²) in [6.45, 7) is 0.280. The van der Waals surface area contributed by atoms with Crippen LogP contribution in [-0.4, -0.2) is 40.9 Å². The van der Waals surface area contributed by atoms with E-state index in [0.717, 1.165) is 5.56 Å².